The van der Waals surface area contributed by atoms with Crippen molar-refractivity contribution < 1.29 is 19.3 Å². The molecule has 3 amide bonds. The molecule has 0 aromatic heterocycles. The number of hydrogen-bond donors (Lipinski definition) is 0. The molecule has 6 unspecified atom stereocenters. The molecule has 1 saturated heterocycles. The molecule has 0 N–H and O–H groups in total. The molecule has 2 saturated carbocycles. The first-order chi connectivity index (χ1) is 16.3. The Kier molecular flexibility index (Phi) is 4.49. The third kappa shape index (κ3) is 3.01. The first-order valence-corrected chi connectivity index (χ1v) is 11.5. The van der Waals surface area contributed by atoms with Gasteiger partial charge in [0.2, 0.25) is 11.8 Å². The Morgan fingerprint density at radius 2 is 1.53 bits per heavy atom. The summed E-state index contributed by atoms with van der Waals surface area (Å²) in [5, 5.41) is 11.0. The Morgan fingerprint density at radius 1 is 0.971 bits per heavy atom. The Bertz CT molecular complexity index is 1220. The predicted octanol–water partition coefficient (Wildman–Crippen LogP) is 3.56. The molecule has 0 spiro atoms. The van der Waals surface area contributed by atoms with E-state index in [4.69, 9.17) is 0 Å². The molecule has 8 nitrogen and oxygen atoms in total. The zero-order valence-corrected chi connectivity index (χ0v) is 18.5. The highest BCUT2D eigenvalue weighted by molar-refractivity contribution is 6.10. The van der Waals surface area contributed by atoms with E-state index in [1.165, 1.54) is 34.1 Å². The number of carbonyl (C=O) groups is 3. The number of nitro benzene ring substituents is 1. The molecule has 172 valence electrons. The van der Waals surface area contributed by atoms with Crippen molar-refractivity contribution in [3.8, 4) is 0 Å². The smallest absolute Gasteiger partial charge is 0.269 e. The van der Waals surface area contributed by atoms with Crippen LogP contribution < -0.4 is 4.90 Å². The third-order valence-corrected chi connectivity index (χ3v) is 7.95. The van der Waals surface area contributed by atoms with Crippen LogP contribution in [-0.4, -0.2) is 34.2 Å². The van der Waals surface area contributed by atoms with Crippen LogP contribution in [0.1, 0.15) is 22.3 Å². The van der Waals surface area contributed by atoms with E-state index < -0.39 is 10.8 Å². The summed E-state index contributed by atoms with van der Waals surface area (Å²) in [6, 6.07) is 12.6. The minimum Gasteiger partial charge on any atom is -0.290 e. The summed E-state index contributed by atoms with van der Waals surface area (Å²) in [7, 11) is 0. The van der Waals surface area contributed by atoms with Crippen molar-refractivity contribution in [1.82, 2.24) is 4.90 Å². The van der Waals surface area contributed by atoms with Gasteiger partial charge >= 0.3 is 0 Å². The first kappa shape index (κ1) is 20.8. The first-order valence-electron chi connectivity index (χ1n) is 11.5. The van der Waals surface area contributed by atoms with E-state index in [1.807, 2.05) is 19.1 Å². The molecule has 1 aliphatic heterocycles. The molecule has 34 heavy (non-hydrogen) atoms. The van der Waals surface area contributed by atoms with Crippen LogP contribution >= 0.6 is 0 Å². The van der Waals surface area contributed by atoms with Crippen LogP contribution in [0.4, 0.5) is 11.4 Å². The van der Waals surface area contributed by atoms with Gasteiger partial charge in [-0.3, -0.25) is 34.3 Å². The summed E-state index contributed by atoms with van der Waals surface area (Å²) in [4.78, 5) is 53.6. The van der Waals surface area contributed by atoms with E-state index in [2.05, 4.69) is 12.2 Å². The average Bonchev–Trinajstić information content (AvgIpc) is 3.63. The Balaban J connectivity index is 1.32. The van der Waals surface area contributed by atoms with Gasteiger partial charge in [-0.15, -0.1) is 0 Å². The molecular weight excluding hydrogens is 434 g/mol. The van der Waals surface area contributed by atoms with Crippen LogP contribution in [0.25, 0.3) is 0 Å². The molecule has 3 fully saturated rings. The van der Waals surface area contributed by atoms with Gasteiger partial charge in [0.1, 0.15) is 6.67 Å². The average molecular weight is 457 g/mol. The van der Waals surface area contributed by atoms with E-state index in [0.29, 0.717) is 17.5 Å². The van der Waals surface area contributed by atoms with Crippen LogP contribution in [0.5, 0.6) is 0 Å². The maximum absolute atomic E-state index is 13.5. The molecule has 0 radical (unpaired) electrons. The number of nitrogens with zero attached hydrogens (tertiary/aromatic N) is 3. The number of nitro groups is 1. The van der Waals surface area contributed by atoms with Gasteiger partial charge in [0.25, 0.3) is 11.6 Å². The standard InChI is InChI=1S/C26H23N3O5/c1-14-2-6-16(7-3-14)27(24(30)15-4-8-17(9-5-15)29(33)34)13-28-25(31)22-18-10-11-19(21-12-20(18)21)23(22)26(28)32/h2-11,18-23H,12-13H2,1H3. The van der Waals surface area contributed by atoms with Crippen molar-refractivity contribution in [2.24, 2.45) is 35.5 Å². The molecule has 7 rings (SSSR count). The number of aryl methyl sites for hydroxylation is 1. The summed E-state index contributed by atoms with van der Waals surface area (Å²) in [5.41, 5.74) is 1.68. The maximum atomic E-state index is 13.5. The SMILES string of the molecule is Cc1ccc(N(CN2C(=O)C3C4C=CC(C5CC45)C3C2=O)C(=O)c2ccc([N+](=O)[O-])cc2)cc1. The molecule has 5 aliphatic rings. The molecule has 8 heteroatoms. The van der Waals surface area contributed by atoms with Crippen LogP contribution in [0.15, 0.2) is 60.7 Å². The molecular formula is C26H23N3O5. The van der Waals surface area contributed by atoms with Crippen LogP contribution in [-0.2, 0) is 9.59 Å². The van der Waals surface area contributed by atoms with E-state index >= 15 is 0 Å². The summed E-state index contributed by atoms with van der Waals surface area (Å²) < 4.78 is 0. The second kappa shape index (κ2) is 7.35. The predicted molar refractivity (Wildman–Crippen MR) is 123 cm³/mol. The second-order valence-corrected chi connectivity index (χ2v) is 9.77. The van der Waals surface area contributed by atoms with Gasteiger partial charge in [0, 0.05) is 23.4 Å². The number of rotatable bonds is 5. The number of anilines is 1. The number of amides is 3. The monoisotopic (exact) mass is 457 g/mol. The molecule has 2 bridgehead atoms. The Morgan fingerprint density at radius 3 is 2.06 bits per heavy atom. The zero-order chi connectivity index (χ0) is 23.7. The number of benzene rings is 2. The topological polar surface area (TPSA) is 101 Å². The highest BCUT2D eigenvalue weighted by Crippen LogP contribution is 2.65. The second-order valence-electron chi connectivity index (χ2n) is 9.77. The number of allylic oxidation sites excluding steroid dienone is 2. The highest BCUT2D eigenvalue weighted by atomic mass is 16.6. The summed E-state index contributed by atoms with van der Waals surface area (Å²) >= 11 is 0. The number of likely N-dealkylation sites (tertiary alicyclic amines) is 1. The van der Waals surface area contributed by atoms with Gasteiger partial charge in [0.15, 0.2) is 0 Å². The fourth-order valence-corrected chi connectivity index (χ4v) is 6.17. The van der Waals surface area contributed by atoms with Crippen molar-refractivity contribution in [3.63, 3.8) is 0 Å². The molecule has 1 heterocycles. The lowest BCUT2D eigenvalue weighted by Crippen LogP contribution is -2.45. The van der Waals surface area contributed by atoms with Crippen molar-refractivity contribution in [1.29, 1.82) is 0 Å². The fourth-order valence-electron chi connectivity index (χ4n) is 6.17. The van der Waals surface area contributed by atoms with Crippen LogP contribution in [0.3, 0.4) is 0 Å². The molecule has 2 aromatic rings. The minimum absolute atomic E-state index is 0.111. The zero-order valence-electron chi connectivity index (χ0n) is 18.5. The van der Waals surface area contributed by atoms with Crippen LogP contribution in [0.2, 0.25) is 0 Å². The lowest BCUT2D eigenvalue weighted by atomic mass is 9.63. The number of non-ortho nitro benzene ring substituents is 1. The Labute approximate surface area is 196 Å². The number of hydrogen-bond acceptors (Lipinski definition) is 5. The minimum atomic E-state index is -0.526. The third-order valence-electron chi connectivity index (χ3n) is 7.95. The largest absolute Gasteiger partial charge is 0.290 e. The van der Waals surface area contributed by atoms with Gasteiger partial charge in [-0.2, -0.15) is 0 Å². The van der Waals surface area contributed by atoms with E-state index in [0.717, 1.165) is 12.0 Å². The summed E-state index contributed by atoms with van der Waals surface area (Å²) in [6.45, 7) is 1.75. The van der Waals surface area contributed by atoms with E-state index in [1.54, 1.807) is 12.1 Å². The normalized spacial score (nSPS) is 30.2. The lowest BCUT2D eigenvalue weighted by molar-refractivity contribution is -0.384. The Hall–Kier alpha value is -3.81. The fraction of sp³-hybridized carbons (Fsp3) is 0.346. The summed E-state index contributed by atoms with van der Waals surface area (Å²) in [6.07, 6.45) is 5.33. The van der Waals surface area contributed by atoms with E-state index in [-0.39, 0.29) is 53.4 Å². The van der Waals surface area contributed by atoms with Crippen molar-refractivity contribution in [2.45, 2.75) is 13.3 Å². The van der Waals surface area contributed by atoms with Crippen molar-refractivity contribution in [2.75, 3.05) is 11.6 Å². The van der Waals surface area contributed by atoms with Gasteiger partial charge < -0.3 is 0 Å². The maximum Gasteiger partial charge on any atom is 0.269 e. The van der Waals surface area contributed by atoms with Gasteiger partial charge in [-0.1, -0.05) is 29.8 Å². The number of carbonyl (C=O) groups excluding carboxylic acids is 3. The van der Waals surface area contributed by atoms with Crippen LogP contribution in [0, 0.1) is 52.5 Å². The van der Waals surface area contributed by atoms with Gasteiger partial charge in [-0.05, 0) is 61.3 Å². The quantitative estimate of drug-likeness (QED) is 0.296. The number of imide groups is 1. The van der Waals surface area contributed by atoms with Gasteiger partial charge in [-0.25, -0.2) is 0 Å². The van der Waals surface area contributed by atoms with Crippen molar-refractivity contribution in [3.05, 3.63) is 81.9 Å². The van der Waals surface area contributed by atoms with E-state index in [9.17, 15) is 24.5 Å². The highest BCUT2D eigenvalue weighted by Gasteiger charge is 2.67. The molecule has 6 atom stereocenters. The molecule has 2 aromatic carbocycles. The summed E-state index contributed by atoms with van der Waals surface area (Å²) in [5.74, 6) is -0.272. The van der Waals surface area contributed by atoms with Crippen molar-refractivity contribution >= 4 is 29.1 Å². The lowest BCUT2D eigenvalue weighted by Gasteiger charge is -2.37. The molecule has 4 aliphatic carbocycles. The van der Waals surface area contributed by atoms with Gasteiger partial charge in [0.05, 0.1) is 16.8 Å².